The Morgan fingerprint density at radius 1 is 1.12 bits per heavy atom. The van der Waals surface area contributed by atoms with E-state index in [9.17, 15) is 23.8 Å². The van der Waals surface area contributed by atoms with E-state index >= 15 is 0 Å². The molecule has 7 atom stereocenters. The van der Waals surface area contributed by atoms with E-state index in [4.69, 9.17) is 0 Å². The van der Waals surface area contributed by atoms with Crippen molar-refractivity contribution in [3.63, 3.8) is 0 Å². The lowest BCUT2D eigenvalue weighted by atomic mass is 9.98. The number of hydrogen-bond acceptors (Lipinski definition) is 8. The molecule has 3 aliphatic carbocycles. The van der Waals surface area contributed by atoms with Crippen molar-refractivity contribution in [3.8, 4) is 11.8 Å². The minimum Gasteiger partial charge on any atom is -0.389 e. The summed E-state index contributed by atoms with van der Waals surface area (Å²) in [5.74, 6) is 4.02. The fourth-order valence-electron chi connectivity index (χ4n) is 6.28. The van der Waals surface area contributed by atoms with E-state index in [-0.39, 0.29) is 29.6 Å². The number of halogens is 2. The molecule has 0 spiro atoms. The van der Waals surface area contributed by atoms with Crippen LogP contribution in [-0.4, -0.2) is 65.9 Å². The van der Waals surface area contributed by atoms with Gasteiger partial charge in [-0.15, -0.1) is 0 Å². The van der Waals surface area contributed by atoms with Gasteiger partial charge in [-0.3, -0.25) is 4.79 Å². The van der Waals surface area contributed by atoms with Gasteiger partial charge < -0.3 is 25.4 Å². The molecular formula is C29H25F2N7O3. The highest BCUT2D eigenvalue weighted by atomic mass is 19.2. The van der Waals surface area contributed by atoms with Crippen LogP contribution >= 0.6 is 0 Å². The molecular weight excluding hydrogens is 532 g/mol. The standard InChI is InChI=1S/C29H25F2N7O3/c1-32-28(41)29-12-17(29)23(24(39)25(29)40)38-13-34-22-26(35-20-11-16(20)14-5-7-18(30)19(31)10-14)36-21(37-27(22)38)8-6-15-4-2-3-9-33-15/h2-5,7,9-10,13,16-17,20,23-25,39-40H,11-12H2,1H3,(H,32,41)(H,35,36,37)/t16-,17+,20+,23+,24-,25-,29-/m0/s1. The number of fused-ring (bicyclic) bond motifs is 2. The maximum Gasteiger partial charge on any atom is 0.229 e. The van der Waals surface area contributed by atoms with Crippen LogP contribution < -0.4 is 10.6 Å². The number of nitrogens with one attached hydrogen (secondary N) is 2. The summed E-state index contributed by atoms with van der Waals surface area (Å²) in [4.78, 5) is 30.6. The molecule has 0 saturated heterocycles. The summed E-state index contributed by atoms with van der Waals surface area (Å²) in [6.07, 6.45) is 1.81. The maximum atomic E-state index is 13.8. The van der Waals surface area contributed by atoms with E-state index in [1.54, 1.807) is 29.0 Å². The highest BCUT2D eigenvalue weighted by Crippen LogP contribution is 2.67. The molecule has 3 saturated carbocycles. The lowest BCUT2D eigenvalue weighted by molar-refractivity contribution is -0.132. The third-order valence-corrected chi connectivity index (χ3v) is 8.52. The van der Waals surface area contributed by atoms with Gasteiger partial charge in [0.25, 0.3) is 0 Å². The SMILES string of the molecule is CNC(=O)[C@@]12C[C@@H]1[C@@H](n1cnc3c(N[C@@H]4C[C@H]4c4ccc(F)c(F)c4)nc(C#Cc4ccccn4)nc31)[C@H](O)[C@@H]2O. The first-order chi connectivity index (χ1) is 19.8. The monoisotopic (exact) mass is 557 g/mol. The number of rotatable bonds is 5. The van der Waals surface area contributed by atoms with Gasteiger partial charge in [0.05, 0.1) is 23.9 Å². The van der Waals surface area contributed by atoms with Crippen molar-refractivity contribution < 1.29 is 23.8 Å². The van der Waals surface area contributed by atoms with Crippen LogP contribution in [-0.2, 0) is 4.79 Å². The summed E-state index contributed by atoms with van der Waals surface area (Å²) < 4.78 is 29.0. The number of aromatic nitrogens is 5. The number of carbonyl (C=O) groups is 1. The van der Waals surface area contributed by atoms with Gasteiger partial charge >= 0.3 is 0 Å². The average Bonchev–Trinajstić information content (AvgIpc) is 3.86. The predicted molar refractivity (Wildman–Crippen MR) is 142 cm³/mol. The van der Waals surface area contributed by atoms with Crippen LogP contribution in [0.3, 0.4) is 0 Å². The second-order valence-corrected chi connectivity index (χ2v) is 10.8. The molecule has 1 amide bonds. The fourth-order valence-corrected chi connectivity index (χ4v) is 6.28. The van der Waals surface area contributed by atoms with Crippen molar-refractivity contribution >= 4 is 22.9 Å². The van der Waals surface area contributed by atoms with Gasteiger partial charge in [-0.2, -0.15) is 0 Å². The minimum atomic E-state index is -1.24. The molecule has 4 aromatic rings. The summed E-state index contributed by atoms with van der Waals surface area (Å²) in [5.41, 5.74) is 0.951. The van der Waals surface area contributed by atoms with E-state index in [1.807, 2.05) is 6.07 Å². The van der Waals surface area contributed by atoms with Gasteiger partial charge in [0, 0.05) is 31.1 Å². The average molecular weight is 558 g/mol. The summed E-state index contributed by atoms with van der Waals surface area (Å²) in [5, 5.41) is 27.8. The van der Waals surface area contributed by atoms with Crippen LogP contribution in [0.2, 0.25) is 0 Å². The first kappa shape index (κ1) is 25.5. The van der Waals surface area contributed by atoms with E-state index in [2.05, 4.69) is 42.4 Å². The van der Waals surface area contributed by atoms with E-state index in [1.165, 1.54) is 19.4 Å². The lowest BCUT2D eigenvalue weighted by Gasteiger charge is -2.23. The van der Waals surface area contributed by atoms with Crippen LogP contribution in [0.5, 0.6) is 0 Å². The molecule has 0 aliphatic heterocycles. The zero-order chi connectivity index (χ0) is 28.5. The molecule has 41 heavy (non-hydrogen) atoms. The first-order valence-corrected chi connectivity index (χ1v) is 13.3. The predicted octanol–water partition coefficient (Wildman–Crippen LogP) is 1.90. The third kappa shape index (κ3) is 4.03. The zero-order valence-corrected chi connectivity index (χ0v) is 21.8. The Morgan fingerprint density at radius 3 is 2.73 bits per heavy atom. The van der Waals surface area contributed by atoms with Crippen molar-refractivity contribution in [3.05, 3.63) is 77.6 Å². The van der Waals surface area contributed by atoms with Gasteiger partial charge in [0.1, 0.15) is 11.8 Å². The number of aliphatic hydroxyl groups excluding tert-OH is 2. The molecule has 0 unspecified atom stereocenters. The molecule has 208 valence electrons. The Hall–Kier alpha value is -4.47. The van der Waals surface area contributed by atoms with Crippen LogP contribution in [0.1, 0.15) is 41.9 Å². The Labute approximate surface area is 232 Å². The van der Waals surface area contributed by atoms with Crippen molar-refractivity contribution in [1.82, 2.24) is 29.8 Å². The van der Waals surface area contributed by atoms with Gasteiger partial charge in [-0.1, -0.05) is 12.1 Å². The molecule has 7 rings (SSSR count). The summed E-state index contributed by atoms with van der Waals surface area (Å²) in [6, 6.07) is 8.50. The summed E-state index contributed by atoms with van der Waals surface area (Å²) in [7, 11) is 1.51. The second-order valence-electron chi connectivity index (χ2n) is 10.8. The number of aliphatic hydroxyl groups is 2. The number of carbonyl (C=O) groups excluding carboxylic acids is 1. The number of imidazole rings is 1. The molecule has 0 bridgehead atoms. The fraction of sp³-hybridized carbons (Fsp3) is 0.345. The van der Waals surface area contributed by atoms with Crippen LogP contribution in [0.15, 0.2) is 48.9 Å². The van der Waals surface area contributed by atoms with Crippen LogP contribution in [0.4, 0.5) is 14.6 Å². The van der Waals surface area contributed by atoms with Crippen molar-refractivity contribution in [2.75, 3.05) is 12.4 Å². The Balaban J connectivity index is 1.26. The Kier molecular flexibility index (Phi) is 5.78. The molecule has 0 radical (unpaired) electrons. The van der Waals surface area contributed by atoms with Crippen molar-refractivity contribution in [2.24, 2.45) is 11.3 Å². The molecule has 3 fully saturated rings. The van der Waals surface area contributed by atoms with Crippen molar-refractivity contribution in [1.29, 1.82) is 0 Å². The molecule has 10 nitrogen and oxygen atoms in total. The number of anilines is 1. The van der Waals surface area contributed by atoms with Gasteiger partial charge in [-0.25, -0.2) is 28.7 Å². The molecule has 4 N–H and O–H groups in total. The largest absolute Gasteiger partial charge is 0.389 e. The highest BCUT2D eigenvalue weighted by molar-refractivity contribution is 5.88. The topological polar surface area (TPSA) is 138 Å². The molecule has 12 heteroatoms. The smallest absolute Gasteiger partial charge is 0.229 e. The number of hydrogen-bond donors (Lipinski definition) is 4. The number of pyridine rings is 1. The summed E-state index contributed by atoms with van der Waals surface area (Å²) in [6.45, 7) is 0. The Morgan fingerprint density at radius 2 is 1.98 bits per heavy atom. The van der Waals surface area contributed by atoms with E-state index in [0.717, 1.165) is 6.07 Å². The number of benzene rings is 1. The molecule has 3 heterocycles. The van der Waals surface area contributed by atoms with E-state index < -0.39 is 35.3 Å². The number of nitrogens with zero attached hydrogens (tertiary/aromatic N) is 5. The molecule has 3 aromatic heterocycles. The van der Waals surface area contributed by atoms with Crippen LogP contribution in [0, 0.1) is 34.8 Å². The van der Waals surface area contributed by atoms with Crippen LogP contribution in [0.25, 0.3) is 11.2 Å². The molecule has 1 aromatic carbocycles. The first-order valence-electron chi connectivity index (χ1n) is 13.3. The minimum absolute atomic E-state index is 0.0494. The highest BCUT2D eigenvalue weighted by Gasteiger charge is 2.75. The quantitative estimate of drug-likeness (QED) is 0.273. The van der Waals surface area contributed by atoms with E-state index in [0.29, 0.717) is 41.1 Å². The lowest BCUT2D eigenvalue weighted by Crippen LogP contribution is -2.41. The second kappa shape index (κ2) is 9.29. The van der Waals surface area contributed by atoms with Gasteiger partial charge in [0.15, 0.2) is 28.6 Å². The normalized spacial score (nSPS) is 29.4. The molecule has 3 aliphatic rings. The maximum absolute atomic E-state index is 13.8. The van der Waals surface area contributed by atoms with Gasteiger partial charge in [0.2, 0.25) is 11.7 Å². The third-order valence-electron chi connectivity index (χ3n) is 8.52. The van der Waals surface area contributed by atoms with Crippen molar-refractivity contribution in [2.45, 2.75) is 43.1 Å². The summed E-state index contributed by atoms with van der Waals surface area (Å²) >= 11 is 0. The Bertz CT molecular complexity index is 1750. The van der Waals surface area contributed by atoms with Gasteiger partial charge in [-0.05, 0) is 54.5 Å². The zero-order valence-electron chi connectivity index (χ0n) is 21.8. The number of amides is 1.